The lowest BCUT2D eigenvalue weighted by atomic mass is 9.96. The van der Waals surface area contributed by atoms with Crippen LogP contribution in [0.3, 0.4) is 0 Å². The first-order valence-corrected chi connectivity index (χ1v) is 3.71. The number of fused-ring (bicyclic) bond motifs is 1. The van der Waals surface area contributed by atoms with Gasteiger partial charge in [0.15, 0.2) is 0 Å². The smallest absolute Gasteiger partial charge is 0.0438 e. The van der Waals surface area contributed by atoms with Crippen LogP contribution in [-0.4, -0.2) is 4.98 Å². The molecule has 0 fully saturated rings. The molecule has 0 atom stereocenters. The molecule has 0 N–H and O–H groups in total. The Hall–Kier alpha value is -0.850. The molecule has 10 heavy (non-hydrogen) atoms. The fourth-order valence-corrected chi connectivity index (χ4v) is 1.38. The molecule has 1 aromatic rings. The third-order valence-electron chi connectivity index (χ3n) is 1.94. The van der Waals surface area contributed by atoms with Crippen molar-refractivity contribution in [2.75, 3.05) is 0 Å². The minimum absolute atomic E-state index is 1.07. The Bertz CT molecular complexity index is 205. The molecule has 1 aliphatic carbocycles. The van der Waals surface area contributed by atoms with Gasteiger partial charge in [-0.1, -0.05) is 6.07 Å². The molecule has 1 aromatic heterocycles. The van der Waals surface area contributed by atoms with E-state index < -0.39 is 0 Å². The van der Waals surface area contributed by atoms with E-state index in [9.17, 15) is 0 Å². The highest BCUT2D eigenvalue weighted by atomic mass is 14.7. The molecule has 0 unspecified atom stereocenters. The van der Waals surface area contributed by atoms with Crippen LogP contribution in [0.25, 0.3) is 0 Å². The second kappa shape index (κ2) is 2.41. The molecule has 0 bridgehead atoms. The highest BCUT2D eigenvalue weighted by Crippen LogP contribution is 2.16. The third-order valence-corrected chi connectivity index (χ3v) is 1.94. The number of rotatable bonds is 0. The van der Waals surface area contributed by atoms with Crippen LogP contribution >= 0.6 is 0 Å². The molecule has 1 nitrogen and oxygen atoms in total. The molecular formula is C9H10N. The fraction of sp³-hybridized carbons (Fsp3) is 0.333. The fourth-order valence-electron chi connectivity index (χ4n) is 1.38. The quantitative estimate of drug-likeness (QED) is 0.524. The van der Waals surface area contributed by atoms with Gasteiger partial charge in [0.1, 0.15) is 0 Å². The van der Waals surface area contributed by atoms with Crippen LogP contribution in [0.5, 0.6) is 0 Å². The van der Waals surface area contributed by atoms with Crippen molar-refractivity contribution in [1.82, 2.24) is 4.98 Å². The van der Waals surface area contributed by atoms with E-state index in [0.717, 1.165) is 6.42 Å². The molecule has 1 aliphatic rings. The van der Waals surface area contributed by atoms with E-state index in [1.807, 2.05) is 12.3 Å². The SMILES string of the molecule is [CH]1CCc2cccnc2C1. The number of pyridine rings is 1. The van der Waals surface area contributed by atoms with E-state index in [2.05, 4.69) is 17.5 Å². The molecule has 1 radical (unpaired) electrons. The van der Waals surface area contributed by atoms with E-state index >= 15 is 0 Å². The van der Waals surface area contributed by atoms with Gasteiger partial charge >= 0.3 is 0 Å². The Labute approximate surface area is 61.1 Å². The summed E-state index contributed by atoms with van der Waals surface area (Å²) in [7, 11) is 0. The van der Waals surface area contributed by atoms with Crippen LogP contribution in [0, 0.1) is 6.42 Å². The van der Waals surface area contributed by atoms with Gasteiger partial charge < -0.3 is 0 Å². The zero-order valence-electron chi connectivity index (χ0n) is 5.88. The maximum atomic E-state index is 4.29. The third kappa shape index (κ3) is 0.919. The largest absolute Gasteiger partial charge is 0.261 e. The number of aromatic nitrogens is 1. The summed E-state index contributed by atoms with van der Waals surface area (Å²) in [6.07, 6.45) is 7.64. The number of hydrogen-bond acceptors (Lipinski definition) is 1. The summed E-state index contributed by atoms with van der Waals surface area (Å²) in [5.41, 5.74) is 2.71. The van der Waals surface area contributed by atoms with Gasteiger partial charge in [-0.3, -0.25) is 4.98 Å². The van der Waals surface area contributed by atoms with Gasteiger partial charge in [0, 0.05) is 11.9 Å². The first kappa shape index (κ1) is 5.90. The predicted molar refractivity (Wildman–Crippen MR) is 40.6 cm³/mol. The van der Waals surface area contributed by atoms with Crippen molar-refractivity contribution < 1.29 is 0 Å². The van der Waals surface area contributed by atoms with Crippen molar-refractivity contribution in [3.05, 3.63) is 36.0 Å². The summed E-state index contributed by atoms with van der Waals surface area (Å²) >= 11 is 0. The molecule has 0 spiro atoms. The minimum atomic E-state index is 1.07. The Balaban J connectivity index is 2.41. The van der Waals surface area contributed by atoms with Gasteiger partial charge in [0.05, 0.1) is 0 Å². The Morgan fingerprint density at radius 2 is 2.40 bits per heavy atom. The summed E-state index contributed by atoms with van der Waals surface area (Å²) in [5.74, 6) is 0. The molecule has 2 rings (SSSR count). The van der Waals surface area contributed by atoms with Crippen LogP contribution in [0.2, 0.25) is 0 Å². The lowest BCUT2D eigenvalue weighted by Crippen LogP contribution is -2.04. The lowest BCUT2D eigenvalue weighted by Gasteiger charge is -2.12. The van der Waals surface area contributed by atoms with E-state index in [4.69, 9.17) is 0 Å². The summed E-state index contributed by atoms with van der Waals surface area (Å²) in [4.78, 5) is 4.29. The van der Waals surface area contributed by atoms with Gasteiger partial charge in [0.25, 0.3) is 0 Å². The van der Waals surface area contributed by atoms with Crippen LogP contribution in [0.15, 0.2) is 18.3 Å². The minimum Gasteiger partial charge on any atom is -0.261 e. The van der Waals surface area contributed by atoms with E-state index in [-0.39, 0.29) is 0 Å². The molecule has 1 heterocycles. The highest BCUT2D eigenvalue weighted by Gasteiger charge is 2.07. The first-order valence-electron chi connectivity index (χ1n) is 3.71. The molecular weight excluding hydrogens is 122 g/mol. The van der Waals surface area contributed by atoms with Crippen LogP contribution in [0.4, 0.5) is 0 Å². The topological polar surface area (TPSA) is 12.9 Å². The average Bonchev–Trinajstić information content (AvgIpc) is 2.05. The van der Waals surface area contributed by atoms with E-state index in [0.29, 0.717) is 0 Å². The van der Waals surface area contributed by atoms with Gasteiger partial charge in [0.2, 0.25) is 0 Å². The molecule has 0 saturated carbocycles. The van der Waals surface area contributed by atoms with Crippen LogP contribution < -0.4 is 0 Å². The summed E-state index contributed by atoms with van der Waals surface area (Å²) in [5, 5.41) is 0. The highest BCUT2D eigenvalue weighted by molar-refractivity contribution is 5.24. The van der Waals surface area contributed by atoms with Gasteiger partial charge in [-0.2, -0.15) is 0 Å². The van der Waals surface area contributed by atoms with Crippen LogP contribution in [-0.2, 0) is 12.8 Å². The predicted octanol–water partition coefficient (Wildman–Crippen LogP) is 1.77. The van der Waals surface area contributed by atoms with E-state index in [1.165, 1.54) is 24.1 Å². The monoisotopic (exact) mass is 132 g/mol. The first-order chi connectivity index (χ1) is 4.97. The second-order valence-electron chi connectivity index (χ2n) is 2.64. The molecule has 0 aromatic carbocycles. The maximum absolute atomic E-state index is 4.29. The molecule has 0 amide bonds. The van der Waals surface area contributed by atoms with Gasteiger partial charge in [-0.25, -0.2) is 0 Å². The standard InChI is InChI=1S/C9H10N/c1-2-6-9-8(4-1)5-3-7-10-9/h2-3,5,7H,1,4,6H2. The maximum Gasteiger partial charge on any atom is 0.0438 e. The van der Waals surface area contributed by atoms with Crippen molar-refractivity contribution in [3.8, 4) is 0 Å². The average molecular weight is 132 g/mol. The normalized spacial score (nSPS) is 16.4. The van der Waals surface area contributed by atoms with Crippen molar-refractivity contribution in [3.63, 3.8) is 0 Å². The Kier molecular flexibility index (Phi) is 1.42. The van der Waals surface area contributed by atoms with Gasteiger partial charge in [-0.05, 0) is 37.3 Å². The van der Waals surface area contributed by atoms with Crippen LogP contribution in [0.1, 0.15) is 17.7 Å². The molecule has 1 heteroatoms. The van der Waals surface area contributed by atoms with Crippen molar-refractivity contribution in [1.29, 1.82) is 0 Å². The number of hydrogen-bond donors (Lipinski definition) is 0. The molecule has 51 valence electrons. The lowest BCUT2D eigenvalue weighted by molar-refractivity contribution is 0.801. The van der Waals surface area contributed by atoms with E-state index in [1.54, 1.807) is 0 Å². The van der Waals surface area contributed by atoms with Gasteiger partial charge in [-0.15, -0.1) is 0 Å². The number of nitrogens with zero attached hydrogens (tertiary/aromatic N) is 1. The summed E-state index contributed by atoms with van der Waals surface area (Å²) < 4.78 is 0. The molecule has 0 saturated heterocycles. The van der Waals surface area contributed by atoms with Crippen molar-refractivity contribution >= 4 is 0 Å². The second-order valence-corrected chi connectivity index (χ2v) is 2.64. The zero-order valence-corrected chi connectivity index (χ0v) is 5.88. The molecule has 0 aliphatic heterocycles. The Morgan fingerprint density at radius 3 is 3.30 bits per heavy atom. The zero-order chi connectivity index (χ0) is 6.81. The Morgan fingerprint density at radius 1 is 1.40 bits per heavy atom. The number of aryl methyl sites for hydroxylation is 1. The summed E-state index contributed by atoms with van der Waals surface area (Å²) in [6.45, 7) is 0. The summed E-state index contributed by atoms with van der Waals surface area (Å²) in [6, 6.07) is 4.19. The van der Waals surface area contributed by atoms with Crippen molar-refractivity contribution in [2.45, 2.75) is 19.3 Å². The van der Waals surface area contributed by atoms with Crippen molar-refractivity contribution in [2.24, 2.45) is 0 Å².